The highest BCUT2D eigenvalue weighted by Crippen LogP contribution is 2.57. The van der Waals surface area contributed by atoms with Gasteiger partial charge in [0, 0.05) is 51.1 Å². The normalized spacial score (nSPS) is 13.9. The number of aromatic hydroxyl groups is 2. The number of rotatable bonds is 4. The van der Waals surface area contributed by atoms with Crippen LogP contribution >= 0.6 is 0 Å². The van der Waals surface area contributed by atoms with Crippen molar-refractivity contribution in [1.29, 1.82) is 0 Å². The summed E-state index contributed by atoms with van der Waals surface area (Å²) in [4.78, 5) is 41.8. The molecule has 0 bridgehead atoms. The predicted octanol–water partition coefficient (Wildman–Crippen LogP) is 6.13. The first-order chi connectivity index (χ1) is 19.9. The lowest BCUT2D eigenvalue weighted by molar-refractivity contribution is 0.0223. The number of hydrogen-bond donors (Lipinski definition) is 2. The van der Waals surface area contributed by atoms with Crippen molar-refractivity contribution in [3.63, 3.8) is 0 Å². The Bertz CT molecular complexity index is 1860. The zero-order valence-electron chi connectivity index (χ0n) is 21.3. The maximum absolute atomic E-state index is 14.1. The van der Waals surface area contributed by atoms with Crippen LogP contribution in [-0.4, -0.2) is 27.7 Å². The van der Waals surface area contributed by atoms with Gasteiger partial charge in [-0.2, -0.15) is 0 Å². The number of phenols is 2. The second-order valence-corrected chi connectivity index (χ2v) is 9.83. The first-order valence-electron chi connectivity index (χ1n) is 12.8. The van der Waals surface area contributed by atoms with Gasteiger partial charge >= 0.3 is 5.97 Å². The molecular weight excluding hydrogens is 520 g/mol. The molecule has 0 aromatic heterocycles. The lowest BCUT2D eigenvalue weighted by Crippen LogP contribution is -2.33. The Balaban J connectivity index is 1.55. The second-order valence-electron chi connectivity index (χ2n) is 9.83. The Labute approximate surface area is 233 Å². The summed E-state index contributed by atoms with van der Waals surface area (Å²) in [6.07, 6.45) is 0. The quantitative estimate of drug-likeness (QED) is 0.209. The molecule has 0 atom stereocenters. The Hall–Kier alpha value is -5.69. The molecular formula is C34H20O7. The summed E-state index contributed by atoms with van der Waals surface area (Å²) in [5.74, 6) is -1.43. The van der Waals surface area contributed by atoms with Crippen molar-refractivity contribution in [2.75, 3.05) is 0 Å². The molecule has 5 aromatic carbocycles. The summed E-state index contributed by atoms with van der Waals surface area (Å²) in [5.41, 5.74) is 0.258. The van der Waals surface area contributed by atoms with Crippen molar-refractivity contribution in [2.45, 2.75) is 5.60 Å². The monoisotopic (exact) mass is 540 g/mol. The molecule has 2 heterocycles. The van der Waals surface area contributed by atoms with Gasteiger partial charge in [0.2, 0.25) is 0 Å². The summed E-state index contributed by atoms with van der Waals surface area (Å²) in [6.45, 7) is 0. The van der Waals surface area contributed by atoms with Crippen molar-refractivity contribution in [2.24, 2.45) is 0 Å². The van der Waals surface area contributed by atoms with E-state index in [0.717, 1.165) is 0 Å². The molecule has 7 nitrogen and oxygen atoms in total. The molecule has 0 unspecified atom stereocenters. The summed E-state index contributed by atoms with van der Waals surface area (Å²) in [6, 6.07) is 29.0. The molecule has 0 saturated heterocycles. The van der Waals surface area contributed by atoms with Crippen LogP contribution in [0.15, 0.2) is 109 Å². The van der Waals surface area contributed by atoms with E-state index in [1.807, 2.05) is 0 Å². The highest BCUT2D eigenvalue weighted by Gasteiger charge is 2.55. The fourth-order valence-corrected chi connectivity index (χ4v) is 5.69. The predicted molar refractivity (Wildman–Crippen MR) is 148 cm³/mol. The molecule has 0 saturated carbocycles. The van der Waals surface area contributed by atoms with Crippen LogP contribution in [-0.2, 0) is 10.3 Å². The summed E-state index contributed by atoms with van der Waals surface area (Å²) >= 11 is 0. The van der Waals surface area contributed by atoms with E-state index in [1.165, 1.54) is 24.3 Å². The molecule has 0 aliphatic carbocycles. The molecule has 0 amide bonds. The minimum absolute atomic E-state index is 0.0272. The second kappa shape index (κ2) is 8.93. The number of ether oxygens (including phenoxy) is 2. The fourth-order valence-electron chi connectivity index (χ4n) is 5.69. The number of carbonyl (C=O) groups excluding carboxylic acids is 3. The largest absolute Gasteiger partial charge is 0.508 e. The van der Waals surface area contributed by atoms with E-state index in [1.54, 1.807) is 84.9 Å². The molecule has 41 heavy (non-hydrogen) atoms. The van der Waals surface area contributed by atoms with Crippen LogP contribution in [0, 0.1) is 0 Å². The zero-order chi connectivity index (χ0) is 28.3. The third-order valence-electron chi connectivity index (χ3n) is 7.49. The molecule has 2 aliphatic heterocycles. The number of benzene rings is 5. The minimum atomic E-state index is -1.57. The third-order valence-corrected chi connectivity index (χ3v) is 7.49. The molecule has 2 N–H and O–H groups in total. The van der Waals surface area contributed by atoms with Gasteiger partial charge in [0.1, 0.15) is 23.0 Å². The van der Waals surface area contributed by atoms with E-state index in [2.05, 4.69) is 0 Å². The van der Waals surface area contributed by atoms with E-state index in [4.69, 9.17) is 9.47 Å². The lowest BCUT2D eigenvalue weighted by Gasteiger charge is -2.36. The van der Waals surface area contributed by atoms with E-state index in [0.29, 0.717) is 27.8 Å². The average molecular weight is 541 g/mol. The van der Waals surface area contributed by atoms with Crippen molar-refractivity contribution in [1.82, 2.24) is 0 Å². The average Bonchev–Trinajstić information content (AvgIpc) is 3.29. The van der Waals surface area contributed by atoms with Gasteiger partial charge in [-0.1, -0.05) is 66.7 Å². The highest BCUT2D eigenvalue weighted by molar-refractivity contribution is 6.24. The zero-order valence-corrected chi connectivity index (χ0v) is 21.3. The molecule has 198 valence electrons. The van der Waals surface area contributed by atoms with Crippen LogP contribution in [0.1, 0.15) is 58.9 Å². The van der Waals surface area contributed by atoms with Gasteiger partial charge < -0.3 is 19.7 Å². The first kappa shape index (κ1) is 24.4. The van der Waals surface area contributed by atoms with Crippen LogP contribution < -0.4 is 4.74 Å². The van der Waals surface area contributed by atoms with Crippen molar-refractivity contribution < 1.29 is 34.1 Å². The molecule has 7 rings (SSSR count). The third kappa shape index (κ3) is 3.56. The molecule has 2 aliphatic rings. The number of phenolic OH excluding ortho intramolecular Hbond substituents is 2. The summed E-state index contributed by atoms with van der Waals surface area (Å²) < 4.78 is 12.2. The van der Waals surface area contributed by atoms with E-state index < -0.39 is 23.1 Å². The smallest absolute Gasteiger partial charge is 0.340 e. The van der Waals surface area contributed by atoms with Crippen LogP contribution in [0.4, 0.5) is 0 Å². The van der Waals surface area contributed by atoms with Crippen LogP contribution in [0.25, 0.3) is 0 Å². The Morgan fingerprint density at radius 3 is 1.68 bits per heavy atom. The molecule has 7 heteroatoms. The number of esters is 1. The van der Waals surface area contributed by atoms with E-state index in [-0.39, 0.29) is 39.7 Å². The van der Waals surface area contributed by atoms with Gasteiger partial charge in [0.15, 0.2) is 17.2 Å². The molecule has 0 fully saturated rings. The van der Waals surface area contributed by atoms with Gasteiger partial charge in [0.05, 0.1) is 5.56 Å². The number of ketones is 2. The van der Waals surface area contributed by atoms with E-state index >= 15 is 0 Å². The highest BCUT2D eigenvalue weighted by atomic mass is 16.6. The van der Waals surface area contributed by atoms with Crippen molar-refractivity contribution in [3.05, 3.63) is 154 Å². The Morgan fingerprint density at radius 2 is 1.12 bits per heavy atom. The molecule has 0 radical (unpaired) electrons. The minimum Gasteiger partial charge on any atom is -0.508 e. The Morgan fingerprint density at radius 1 is 0.610 bits per heavy atom. The fraction of sp³-hybridized carbons (Fsp3) is 0.0294. The Kier molecular flexibility index (Phi) is 5.30. The van der Waals surface area contributed by atoms with Crippen LogP contribution in [0.3, 0.4) is 0 Å². The van der Waals surface area contributed by atoms with Crippen LogP contribution in [0.5, 0.6) is 23.0 Å². The summed E-state index contributed by atoms with van der Waals surface area (Å²) in [7, 11) is 0. The van der Waals surface area contributed by atoms with Crippen molar-refractivity contribution in [3.8, 4) is 23.0 Å². The number of hydrogen-bond acceptors (Lipinski definition) is 7. The maximum Gasteiger partial charge on any atom is 0.340 e. The first-order valence-corrected chi connectivity index (χ1v) is 12.8. The van der Waals surface area contributed by atoms with Gasteiger partial charge in [-0.25, -0.2) is 4.79 Å². The van der Waals surface area contributed by atoms with Gasteiger partial charge in [-0.05, 0) is 30.3 Å². The van der Waals surface area contributed by atoms with E-state index in [9.17, 15) is 24.6 Å². The summed E-state index contributed by atoms with van der Waals surface area (Å²) in [5, 5.41) is 20.4. The van der Waals surface area contributed by atoms with Crippen LogP contribution in [0.2, 0.25) is 0 Å². The molecule has 5 aromatic rings. The van der Waals surface area contributed by atoms with Crippen molar-refractivity contribution >= 4 is 17.5 Å². The number of carbonyl (C=O) groups is 3. The number of fused-ring (bicyclic) bond motifs is 6. The lowest BCUT2D eigenvalue weighted by atomic mass is 9.75. The van der Waals surface area contributed by atoms with Gasteiger partial charge in [-0.15, -0.1) is 0 Å². The molecule has 1 spiro atoms. The maximum atomic E-state index is 14.1. The topological polar surface area (TPSA) is 110 Å². The standard InChI is InChI=1S/C34H20O7/c35-21-11-14-24-27(17-21)40-28-18-22(36)12-15-25(28)34(24)26-16-13-23(31(37)19-7-3-1-4-8-19)29(30(26)33(39)41-34)32(38)20-9-5-2-6-10-20/h1-18,35-36H. The SMILES string of the molecule is O=C(c1ccccc1)c1ccc2c(c1C(=O)c1ccccc1)C(=O)OC21c2ccc(O)cc2Oc2cc(O)ccc21. The van der Waals surface area contributed by atoms with Gasteiger partial charge in [-0.3, -0.25) is 9.59 Å². The van der Waals surface area contributed by atoms with Gasteiger partial charge in [0.25, 0.3) is 0 Å².